The summed E-state index contributed by atoms with van der Waals surface area (Å²) < 4.78 is 15.4. The molecular formula is C16H20ClN3O4. The second-order valence-corrected chi connectivity index (χ2v) is 5.51. The lowest BCUT2D eigenvalue weighted by Gasteiger charge is -2.20. The quantitative estimate of drug-likeness (QED) is 0.792. The number of aromatic nitrogens is 1. The minimum atomic E-state index is -0.500. The number of halogens is 1. The molecule has 0 fully saturated rings. The Labute approximate surface area is 145 Å². The van der Waals surface area contributed by atoms with Crippen LogP contribution in [0, 0.1) is 6.92 Å². The van der Waals surface area contributed by atoms with E-state index < -0.39 is 6.04 Å². The molecule has 0 saturated carbocycles. The number of nitrogens with zero attached hydrogens (tertiary/aromatic N) is 1. The highest BCUT2D eigenvalue weighted by atomic mass is 35.5. The van der Waals surface area contributed by atoms with Crippen LogP contribution in [0.25, 0.3) is 0 Å². The van der Waals surface area contributed by atoms with Crippen LogP contribution in [0.1, 0.15) is 19.1 Å². The summed E-state index contributed by atoms with van der Waals surface area (Å²) in [6.45, 7) is 3.64. The van der Waals surface area contributed by atoms with Gasteiger partial charge in [-0.25, -0.2) is 0 Å². The Morgan fingerprint density at radius 3 is 2.54 bits per heavy atom. The van der Waals surface area contributed by atoms with Gasteiger partial charge in [0.05, 0.1) is 24.9 Å². The highest BCUT2D eigenvalue weighted by molar-refractivity contribution is 6.32. The van der Waals surface area contributed by atoms with E-state index in [1.807, 2.05) is 6.92 Å². The van der Waals surface area contributed by atoms with Gasteiger partial charge in [0.15, 0.2) is 5.82 Å². The molecule has 130 valence electrons. The lowest BCUT2D eigenvalue weighted by atomic mass is 10.1. The zero-order valence-electron chi connectivity index (χ0n) is 14.0. The number of anilines is 2. The van der Waals surface area contributed by atoms with E-state index in [9.17, 15) is 4.79 Å². The fourth-order valence-electron chi connectivity index (χ4n) is 2.15. The molecule has 0 aliphatic rings. The Kier molecular flexibility index (Phi) is 5.92. The van der Waals surface area contributed by atoms with Crippen molar-refractivity contribution in [3.8, 4) is 11.5 Å². The molecule has 1 heterocycles. The third kappa shape index (κ3) is 4.11. The summed E-state index contributed by atoms with van der Waals surface area (Å²) in [5.74, 6) is 1.78. The van der Waals surface area contributed by atoms with Crippen LogP contribution in [-0.4, -0.2) is 31.3 Å². The Balaban J connectivity index is 2.17. The summed E-state index contributed by atoms with van der Waals surface area (Å²) in [5, 5.41) is 10.0. The van der Waals surface area contributed by atoms with Crippen molar-refractivity contribution in [2.24, 2.45) is 0 Å². The summed E-state index contributed by atoms with van der Waals surface area (Å²) in [6.07, 6.45) is 0.551. The molecule has 1 amide bonds. The molecule has 2 rings (SSSR count). The maximum atomic E-state index is 12.4. The zero-order chi connectivity index (χ0) is 17.7. The van der Waals surface area contributed by atoms with Gasteiger partial charge in [-0.05, 0) is 19.4 Å². The molecule has 0 saturated heterocycles. The summed E-state index contributed by atoms with van der Waals surface area (Å²) >= 11 is 6.15. The molecular weight excluding hydrogens is 334 g/mol. The summed E-state index contributed by atoms with van der Waals surface area (Å²) in [5.41, 5.74) is 0.599. The minimum Gasteiger partial charge on any atom is -0.495 e. The van der Waals surface area contributed by atoms with Gasteiger partial charge in [0.2, 0.25) is 5.91 Å². The van der Waals surface area contributed by atoms with Gasteiger partial charge in [0.25, 0.3) is 0 Å². The van der Waals surface area contributed by atoms with Gasteiger partial charge in [-0.1, -0.05) is 23.7 Å². The Bertz CT molecular complexity index is 717. The molecule has 7 nitrogen and oxygen atoms in total. The standard InChI is InChI=1S/C16H20ClN3O4/c1-5-11(16(21)19-15-6-9(2)24-20-15)18-12-7-10(17)13(22-3)8-14(12)23-4/h6-8,11,18H,5H2,1-4H3,(H,19,20,21). The normalized spacial score (nSPS) is 11.7. The number of hydrogen-bond acceptors (Lipinski definition) is 6. The summed E-state index contributed by atoms with van der Waals surface area (Å²) in [7, 11) is 3.06. The fourth-order valence-corrected chi connectivity index (χ4v) is 2.39. The van der Waals surface area contributed by atoms with Crippen LogP contribution in [0.5, 0.6) is 11.5 Å². The number of aryl methyl sites for hydroxylation is 1. The average molecular weight is 354 g/mol. The van der Waals surface area contributed by atoms with E-state index in [1.54, 1.807) is 25.1 Å². The molecule has 0 radical (unpaired) electrons. The second kappa shape index (κ2) is 7.92. The van der Waals surface area contributed by atoms with Crippen molar-refractivity contribution < 1.29 is 18.8 Å². The van der Waals surface area contributed by atoms with Gasteiger partial charge in [-0.15, -0.1) is 0 Å². The number of amides is 1. The molecule has 1 unspecified atom stereocenters. The first-order chi connectivity index (χ1) is 11.5. The van der Waals surface area contributed by atoms with E-state index in [0.29, 0.717) is 40.2 Å². The largest absolute Gasteiger partial charge is 0.495 e. The fraction of sp³-hybridized carbons (Fsp3) is 0.375. The molecule has 1 aromatic heterocycles. The van der Waals surface area contributed by atoms with E-state index in [2.05, 4.69) is 15.8 Å². The van der Waals surface area contributed by atoms with Crippen LogP contribution < -0.4 is 20.1 Å². The van der Waals surface area contributed by atoms with Gasteiger partial charge in [0.1, 0.15) is 23.3 Å². The van der Waals surface area contributed by atoms with Crippen LogP contribution in [0.2, 0.25) is 5.02 Å². The number of methoxy groups -OCH3 is 2. The molecule has 2 aromatic rings. The third-order valence-electron chi connectivity index (χ3n) is 3.41. The molecule has 0 bridgehead atoms. The Hall–Kier alpha value is -2.41. The molecule has 0 spiro atoms. The number of ether oxygens (including phenoxy) is 2. The van der Waals surface area contributed by atoms with Crippen molar-refractivity contribution >= 4 is 29.0 Å². The van der Waals surface area contributed by atoms with Crippen LogP contribution >= 0.6 is 11.6 Å². The maximum Gasteiger partial charge on any atom is 0.248 e. The van der Waals surface area contributed by atoms with Gasteiger partial charge in [-0.2, -0.15) is 0 Å². The van der Waals surface area contributed by atoms with E-state index in [1.165, 1.54) is 14.2 Å². The van der Waals surface area contributed by atoms with Crippen LogP contribution in [0.3, 0.4) is 0 Å². The lowest BCUT2D eigenvalue weighted by molar-refractivity contribution is -0.117. The summed E-state index contributed by atoms with van der Waals surface area (Å²) in [6, 6.07) is 4.47. The third-order valence-corrected chi connectivity index (χ3v) is 3.70. The van der Waals surface area contributed by atoms with Gasteiger partial charge < -0.3 is 24.6 Å². The minimum absolute atomic E-state index is 0.236. The SMILES string of the molecule is CCC(Nc1cc(Cl)c(OC)cc1OC)C(=O)Nc1cc(C)on1. The van der Waals surface area contributed by atoms with E-state index in [4.69, 9.17) is 25.6 Å². The number of nitrogens with one attached hydrogen (secondary N) is 2. The van der Waals surface area contributed by atoms with E-state index in [0.717, 1.165) is 0 Å². The predicted octanol–water partition coefficient (Wildman–Crippen LogP) is 3.48. The van der Waals surface area contributed by atoms with Gasteiger partial charge in [0, 0.05) is 12.1 Å². The average Bonchev–Trinajstić information content (AvgIpc) is 2.97. The lowest BCUT2D eigenvalue weighted by Crippen LogP contribution is -2.34. The smallest absolute Gasteiger partial charge is 0.248 e. The molecule has 0 aliphatic heterocycles. The number of rotatable bonds is 7. The van der Waals surface area contributed by atoms with E-state index >= 15 is 0 Å². The number of hydrogen-bond donors (Lipinski definition) is 2. The van der Waals surface area contributed by atoms with Crippen molar-refractivity contribution in [1.82, 2.24) is 5.16 Å². The topological polar surface area (TPSA) is 85.6 Å². The van der Waals surface area contributed by atoms with Crippen molar-refractivity contribution in [3.05, 3.63) is 29.0 Å². The molecule has 8 heteroatoms. The van der Waals surface area contributed by atoms with Gasteiger partial charge in [-0.3, -0.25) is 4.79 Å². The molecule has 2 N–H and O–H groups in total. The van der Waals surface area contributed by atoms with Crippen molar-refractivity contribution in [2.45, 2.75) is 26.3 Å². The Morgan fingerprint density at radius 1 is 1.29 bits per heavy atom. The van der Waals surface area contributed by atoms with E-state index in [-0.39, 0.29) is 5.91 Å². The van der Waals surface area contributed by atoms with Crippen molar-refractivity contribution in [1.29, 1.82) is 0 Å². The molecule has 0 aliphatic carbocycles. The first kappa shape index (κ1) is 17.9. The van der Waals surface area contributed by atoms with Crippen LogP contribution in [-0.2, 0) is 4.79 Å². The number of carbonyl (C=O) groups excluding carboxylic acids is 1. The monoisotopic (exact) mass is 353 g/mol. The number of carbonyl (C=O) groups is 1. The molecule has 24 heavy (non-hydrogen) atoms. The predicted molar refractivity (Wildman–Crippen MR) is 92.1 cm³/mol. The first-order valence-corrected chi connectivity index (χ1v) is 7.78. The second-order valence-electron chi connectivity index (χ2n) is 5.10. The van der Waals surface area contributed by atoms with Crippen LogP contribution in [0.15, 0.2) is 22.7 Å². The van der Waals surface area contributed by atoms with Crippen molar-refractivity contribution in [3.63, 3.8) is 0 Å². The van der Waals surface area contributed by atoms with Gasteiger partial charge >= 0.3 is 0 Å². The van der Waals surface area contributed by atoms with Crippen LogP contribution in [0.4, 0.5) is 11.5 Å². The summed E-state index contributed by atoms with van der Waals surface area (Å²) in [4.78, 5) is 12.4. The Morgan fingerprint density at radius 2 is 2.00 bits per heavy atom. The first-order valence-electron chi connectivity index (χ1n) is 7.40. The molecule has 1 atom stereocenters. The maximum absolute atomic E-state index is 12.4. The number of benzene rings is 1. The van der Waals surface area contributed by atoms with Crippen molar-refractivity contribution in [2.75, 3.05) is 24.9 Å². The highest BCUT2D eigenvalue weighted by Gasteiger charge is 2.20. The molecule has 1 aromatic carbocycles. The highest BCUT2D eigenvalue weighted by Crippen LogP contribution is 2.36. The zero-order valence-corrected chi connectivity index (χ0v) is 14.7.